The second kappa shape index (κ2) is 7.91. The first-order valence-electron chi connectivity index (χ1n) is 8.58. The maximum atomic E-state index is 12.7. The highest BCUT2D eigenvalue weighted by molar-refractivity contribution is 6.00. The molecule has 1 fully saturated rings. The number of carbonyl (C=O) groups is 2. The van der Waals surface area contributed by atoms with E-state index in [1.54, 1.807) is 12.1 Å². The third-order valence-corrected chi connectivity index (χ3v) is 4.42. The zero-order valence-corrected chi connectivity index (χ0v) is 15.3. The van der Waals surface area contributed by atoms with Crippen LogP contribution in [0.25, 0.3) is 6.08 Å². The zero-order chi connectivity index (χ0) is 19.4. The Morgan fingerprint density at radius 2 is 1.67 bits per heavy atom. The van der Waals surface area contributed by atoms with Crippen molar-refractivity contribution in [1.29, 1.82) is 0 Å². The van der Waals surface area contributed by atoms with Crippen LogP contribution in [0, 0.1) is 0 Å². The summed E-state index contributed by atoms with van der Waals surface area (Å²) in [5.74, 6) is -0.365. The molecule has 1 saturated heterocycles. The number of hydrogen-bond donors (Lipinski definition) is 0. The van der Waals surface area contributed by atoms with Crippen LogP contribution in [0.2, 0.25) is 0 Å². The molecule has 1 aliphatic rings. The molecular weight excluding hydrogens is 342 g/mol. The predicted molar refractivity (Wildman–Crippen MR) is 103 cm³/mol. The fourth-order valence-electron chi connectivity index (χ4n) is 3.08. The molecule has 1 amide bonds. The number of amides is 1. The Morgan fingerprint density at radius 1 is 1.07 bits per heavy atom. The molecule has 1 aliphatic heterocycles. The summed E-state index contributed by atoms with van der Waals surface area (Å²) in [4.78, 5) is 25.9. The van der Waals surface area contributed by atoms with E-state index in [2.05, 4.69) is 6.58 Å². The first kappa shape index (κ1) is 18.5. The van der Waals surface area contributed by atoms with Crippen molar-refractivity contribution in [1.82, 2.24) is 4.90 Å². The molecule has 0 radical (unpaired) electrons. The number of ether oxygens (including phenoxy) is 2. The van der Waals surface area contributed by atoms with Crippen molar-refractivity contribution in [3.05, 3.63) is 84.1 Å². The lowest BCUT2D eigenvalue weighted by Gasteiger charge is -2.46. The SMILES string of the molecule is C=C(C(=O)OC)N1C(=O)[C@H](Oc2ccccc2)[C@@H]1/C(C)=C/c1ccccc1. The number of carbonyl (C=O) groups excluding carboxylic acids is 2. The average Bonchev–Trinajstić information content (AvgIpc) is 2.70. The minimum Gasteiger partial charge on any atom is -0.478 e. The molecule has 138 valence electrons. The average molecular weight is 363 g/mol. The fourth-order valence-corrected chi connectivity index (χ4v) is 3.08. The number of likely N-dealkylation sites (tertiary alicyclic amines) is 1. The van der Waals surface area contributed by atoms with E-state index < -0.39 is 18.1 Å². The number of β-lactam (4-membered cyclic amide) rings is 1. The predicted octanol–water partition coefficient (Wildman–Crippen LogP) is 3.44. The van der Waals surface area contributed by atoms with Gasteiger partial charge in [0, 0.05) is 0 Å². The molecule has 5 nitrogen and oxygen atoms in total. The number of benzene rings is 2. The van der Waals surface area contributed by atoms with Crippen molar-refractivity contribution in [2.45, 2.75) is 19.1 Å². The molecule has 2 atom stereocenters. The molecule has 5 heteroatoms. The molecule has 27 heavy (non-hydrogen) atoms. The smallest absolute Gasteiger partial charge is 0.354 e. The molecule has 0 saturated carbocycles. The summed E-state index contributed by atoms with van der Waals surface area (Å²) < 4.78 is 10.6. The van der Waals surface area contributed by atoms with Gasteiger partial charge in [-0.3, -0.25) is 9.69 Å². The van der Waals surface area contributed by atoms with Crippen LogP contribution >= 0.6 is 0 Å². The van der Waals surface area contributed by atoms with Gasteiger partial charge in [0.05, 0.1) is 7.11 Å². The van der Waals surface area contributed by atoms with Crippen LogP contribution in [0.5, 0.6) is 5.75 Å². The minimum atomic E-state index is -0.728. The number of para-hydroxylation sites is 1. The lowest BCUT2D eigenvalue weighted by atomic mass is 9.89. The van der Waals surface area contributed by atoms with Gasteiger partial charge in [-0.2, -0.15) is 0 Å². The highest BCUT2D eigenvalue weighted by Crippen LogP contribution is 2.34. The number of rotatable bonds is 6. The normalized spacial score (nSPS) is 19.3. The van der Waals surface area contributed by atoms with Gasteiger partial charge in [-0.1, -0.05) is 61.2 Å². The van der Waals surface area contributed by atoms with Crippen molar-refractivity contribution >= 4 is 18.0 Å². The third-order valence-electron chi connectivity index (χ3n) is 4.42. The maximum absolute atomic E-state index is 12.7. The summed E-state index contributed by atoms with van der Waals surface area (Å²) in [5.41, 5.74) is 1.88. The standard InChI is InChI=1S/C22H21NO4/c1-15(14-17-10-6-4-7-11-17)19-20(27-18-12-8-5-9-13-18)21(24)23(19)16(2)22(25)26-3/h4-14,19-20H,2H2,1,3H3/b15-14+/t19-,20+/m0/s1. The molecule has 0 spiro atoms. The monoisotopic (exact) mass is 363 g/mol. The Hall–Kier alpha value is -3.34. The largest absolute Gasteiger partial charge is 0.478 e. The van der Waals surface area contributed by atoms with E-state index in [0.717, 1.165) is 11.1 Å². The number of hydrogen-bond acceptors (Lipinski definition) is 4. The van der Waals surface area contributed by atoms with E-state index >= 15 is 0 Å². The third kappa shape index (κ3) is 3.77. The van der Waals surface area contributed by atoms with E-state index in [0.29, 0.717) is 5.75 Å². The van der Waals surface area contributed by atoms with Gasteiger partial charge in [0.15, 0.2) is 0 Å². The van der Waals surface area contributed by atoms with Gasteiger partial charge in [-0.25, -0.2) is 4.79 Å². The lowest BCUT2D eigenvalue weighted by molar-refractivity contribution is -0.160. The number of esters is 1. The lowest BCUT2D eigenvalue weighted by Crippen LogP contribution is -2.67. The van der Waals surface area contributed by atoms with Crippen molar-refractivity contribution in [2.75, 3.05) is 7.11 Å². The van der Waals surface area contributed by atoms with Gasteiger partial charge in [-0.05, 0) is 30.2 Å². The Labute approximate surface area is 158 Å². The molecule has 2 aromatic rings. The fraction of sp³-hybridized carbons (Fsp3) is 0.182. The first-order chi connectivity index (χ1) is 13.0. The summed E-state index contributed by atoms with van der Waals surface area (Å²) in [6.07, 6.45) is 1.24. The van der Waals surface area contributed by atoms with E-state index in [1.807, 2.05) is 61.5 Å². The highest BCUT2D eigenvalue weighted by atomic mass is 16.5. The van der Waals surface area contributed by atoms with Crippen LogP contribution in [0.4, 0.5) is 0 Å². The van der Waals surface area contributed by atoms with Gasteiger partial charge >= 0.3 is 5.97 Å². The number of methoxy groups -OCH3 is 1. The summed E-state index contributed by atoms with van der Waals surface area (Å²) in [5, 5.41) is 0. The van der Waals surface area contributed by atoms with Crippen molar-refractivity contribution in [2.24, 2.45) is 0 Å². The molecule has 0 aliphatic carbocycles. The van der Waals surface area contributed by atoms with Crippen LogP contribution in [0.15, 0.2) is 78.5 Å². The first-order valence-corrected chi connectivity index (χ1v) is 8.58. The molecule has 0 N–H and O–H groups in total. The molecule has 0 unspecified atom stereocenters. The van der Waals surface area contributed by atoms with Crippen molar-refractivity contribution in [3.8, 4) is 5.75 Å². The molecule has 1 heterocycles. The Morgan fingerprint density at radius 3 is 2.26 bits per heavy atom. The summed E-state index contributed by atoms with van der Waals surface area (Å²) in [7, 11) is 1.26. The van der Waals surface area contributed by atoms with Gasteiger partial charge in [0.2, 0.25) is 6.10 Å². The summed E-state index contributed by atoms with van der Waals surface area (Å²) in [6, 6.07) is 18.4. The molecular formula is C22H21NO4. The minimum absolute atomic E-state index is 0.00113. The van der Waals surface area contributed by atoms with Gasteiger partial charge < -0.3 is 9.47 Å². The zero-order valence-electron chi connectivity index (χ0n) is 15.3. The maximum Gasteiger partial charge on any atom is 0.354 e. The van der Waals surface area contributed by atoms with Gasteiger partial charge in [-0.15, -0.1) is 0 Å². The molecule has 0 aromatic heterocycles. The van der Waals surface area contributed by atoms with Crippen molar-refractivity contribution in [3.63, 3.8) is 0 Å². The Kier molecular flexibility index (Phi) is 5.41. The second-order valence-electron chi connectivity index (χ2n) is 6.24. The van der Waals surface area contributed by atoms with Crippen LogP contribution < -0.4 is 4.74 Å². The van der Waals surface area contributed by atoms with Gasteiger partial charge in [0.1, 0.15) is 17.5 Å². The number of nitrogens with zero attached hydrogens (tertiary/aromatic N) is 1. The topological polar surface area (TPSA) is 55.8 Å². The van der Waals surface area contributed by atoms with Crippen LogP contribution in [0.1, 0.15) is 12.5 Å². The molecule has 2 aromatic carbocycles. The van der Waals surface area contributed by atoms with E-state index in [9.17, 15) is 9.59 Å². The summed E-state index contributed by atoms with van der Waals surface area (Å²) >= 11 is 0. The highest BCUT2D eigenvalue weighted by Gasteiger charge is 2.52. The summed E-state index contributed by atoms with van der Waals surface area (Å²) in [6.45, 7) is 5.63. The molecule has 0 bridgehead atoms. The van der Waals surface area contributed by atoms with Crippen LogP contribution in [-0.4, -0.2) is 36.0 Å². The quantitative estimate of drug-likeness (QED) is 0.448. The van der Waals surface area contributed by atoms with Crippen molar-refractivity contribution < 1.29 is 19.1 Å². The Balaban J connectivity index is 1.91. The Bertz CT molecular complexity index is 874. The van der Waals surface area contributed by atoms with Gasteiger partial charge in [0.25, 0.3) is 5.91 Å². The van der Waals surface area contributed by atoms with E-state index in [4.69, 9.17) is 9.47 Å². The molecule has 3 rings (SSSR count). The second-order valence-corrected chi connectivity index (χ2v) is 6.24. The van der Waals surface area contributed by atoms with E-state index in [-0.39, 0.29) is 11.6 Å². The van der Waals surface area contributed by atoms with E-state index in [1.165, 1.54) is 12.0 Å². The van der Waals surface area contributed by atoms with Crippen LogP contribution in [0.3, 0.4) is 0 Å². The van der Waals surface area contributed by atoms with Crippen LogP contribution in [-0.2, 0) is 14.3 Å².